The molecule has 0 bridgehead atoms. The van der Waals surface area contributed by atoms with Crippen molar-refractivity contribution in [3.05, 3.63) is 23.8 Å². The molecule has 0 aliphatic heterocycles. The molecular formula is C21H36IN3O2S. The Labute approximate surface area is 191 Å². The van der Waals surface area contributed by atoms with E-state index >= 15 is 0 Å². The molecule has 2 atom stereocenters. The smallest absolute Gasteiger partial charge is 0.191 e. The minimum Gasteiger partial charge on any atom is -0.493 e. The number of benzene rings is 1. The van der Waals surface area contributed by atoms with Gasteiger partial charge in [-0.1, -0.05) is 19.9 Å². The molecule has 7 heteroatoms. The minimum atomic E-state index is -0.112. The van der Waals surface area contributed by atoms with Crippen LogP contribution in [0.25, 0.3) is 0 Å². The van der Waals surface area contributed by atoms with Crippen LogP contribution >= 0.6 is 35.7 Å². The van der Waals surface area contributed by atoms with Crippen molar-refractivity contribution in [2.45, 2.75) is 56.7 Å². The van der Waals surface area contributed by atoms with E-state index in [4.69, 9.17) is 14.5 Å². The van der Waals surface area contributed by atoms with Crippen LogP contribution < -0.4 is 20.1 Å². The van der Waals surface area contributed by atoms with Gasteiger partial charge in [0.05, 0.1) is 20.8 Å². The van der Waals surface area contributed by atoms with E-state index in [-0.39, 0.29) is 29.4 Å². The van der Waals surface area contributed by atoms with Crippen molar-refractivity contribution >= 4 is 41.7 Å². The monoisotopic (exact) mass is 521 g/mol. The molecule has 0 amide bonds. The molecule has 0 radical (unpaired) electrons. The highest BCUT2D eigenvalue weighted by molar-refractivity contribution is 14.0. The van der Waals surface area contributed by atoms with Gasteiger partial charge in [-0.2, -0.15) is 11.8 Å². The number of methoxy groups -OCH3 is 2. The second-order valence-electron chi connectivity index (χ2n) is 7.66. The number of ether oxygens (including phenoxy) is 2. The zero-order chi connectivity index (χ0) is 19.9. The second kappa shape index (κ2) is 12.0. The van der Waals surface area contributed by atoms with Gasteiger partial charge in [-0.15, -0.1) is 24.0 Å². The zero-order valence-corrected chi connectivity index (χ0v) is 21.1. The minimum absolute atomic E-state index is 0. The van der Waals surface area contributed by atoms with Crippen LogP contribution in [0, 0.1) is 0 Å². The fourth-order valence-corrected chi connectivity index (χ4v) is 4.22. The number of hydrogen-bond acceptors (Lipinski definition) is 4. The van der Waals surface area contributed by atoms with Crippen LogP contribution in [0.3, 0.4) is 0 Å². The summed E-state index contributed by atoms with van der Waals surface area (Å²) >= 11 is 1.98. The lowest BCUT2D eigenvalue weighted by atomic mass is 9.84. The van der Waals surface area contributed by atoms with Crippen molar-refractivity contribution in [1.82, 2.24) is 10.6 Å². The summed E-state index contributed by atoms with van der Waals surface area (Å²) in [5.41, 5.74) is 1.07. The summed E-state index contributed by atoms with van der Waals surface area (Å²) < 4.78 is 10.8. The number of nitrogens with zero attached hydrogens (tertiary/aromatic N) is 1. The molecule has 1 saturated carbocycles. The number of aliphatic imine (C=N–C) groups is 1. The third-order valence-electron chi connectivity index (χ3n) is 5.20. The molecule has 160 valence electrons. The maximum Gasteiger partial charge on any atom is 0.191 e. The summed E-state index contributed by atoms with van der Waals surface area (Å²) in [5, 5.41) is 7.79. The van der Waals surface area contributed by atoms with Gasteiger partial charge >= 0.3 is 0 Å². The molecule has 1 fully saturated rings. The third-order valence-corrected chi connectivity index (χ3v) is 6.30. The van der Waals surface area contributed by atoms with Gasteiger partial charge in [-0.3, -0.25) is 4.99 Å². The fraction of sp³-hybridized carbons (Fsp3) is 0.667. The number of hydrogen-bond donors (Lipinski definition) is 2. The Hall–Kier alpha value is -0.830. The largest absolute Gasteiger partial charge is 0.493 e. The number of nitrogens with one attached hydrogen (secondary N) is 2. The van der Waals surface area contributed by atoms with E-state index in [0.717, 1.165) is 29.3 Å². The predicted octanol–water partition coefficient (Wildman–Crippen LogP) is 4.44. The molecule has 1 aromatic rings. The van der Waals surface area contributed by atoms with Crippen LogP contribution in [-0.2, 0) is 5.41 Å². The molecule has 0 aromatic heterocycles. The number of thioether (sulfide) groups is 1. The predicted molar refractivity (Wildman–Crippen MR) is 132 cm³/mol. The van der Waals surface area contributed by atoms with E-state index in [0.29, 0.717) is 12.6 Å². The second-order valence-corrected chi connectivity index (χ2v) is 8.80. The molecule has 1 aliphatic rings. The van der Waals surface area contributed by atoms with Crippen molar-refractivity contribution in [3.8, 4) is 11.5 Å². The Bertz CT molecular complexity index is 640. The molecule has 1 aliphatic carbocycles. The fourth-order valence-electron chi connectivity index (χ4n) is 3.42. The molecular weight excluding hydrogens is 485 g/mol. The van der Waals surface area contributed by atoms with Crippen molar-refractivity contribution in [2.24, 2.45) is 4.99 Å². The van der Waals surface area contributed by atoms with E-state index in [2.05, 4.69) is 49.8 Å². The average Bonchev–Trinajstić information content (AvgIpc) is 3.13. The summed E-state index contributed by atoms with van der Waals surface area (Å²) in [5.74, 6) is 2.42. The van der Waals surface area contributed by atoms with Crippen LogP contribution in [0.5, 0.6) is 11.5 Å². The van der Waals surface area contributed by atoms with E-state index in [1.165, 1.54) is 24.8 Å². The lowest BCUT2D eigenvalue weighted by Gasteiger charge is -2.25. The van der Waals surface area contributed by atoms with Crippen LogP contribution in [0.1, 0.15) is 45.6 Å². The van der Waals surface area contributed by atoms with Gasteiger partial charge in [0.1, 0.15) is 0 Å². The molecule has 0 spiro atoms. The molecule has 28 heavy (non-hydrogen) atoms. The van der Waals surface area contributed by atoms with E-state index in [9.17, 15) is 0 Å². The Balaban J connectivity index is 0.00000392. The molecule has 2 rings (SSSR count). The summed E-state index contributed by atoms with van der Waals surface area (Å²) in [4.78, 5) is 4.89. The van der Waals surface area contributed by atoms with Gasteiger partial charge in [0.15, 0.2) is 17.5 Å². The van der Waals surface area contributed by atoms with Crippen molar-refractivity contribution in [3.63, 3.8) is 0 Å². The van der Waals surface area contributed by atoms with E-state index < -0.39 is 0 Å². The van der Waals surface area contributed by atoms with Crippen molar-refractivity contribution < 1.29 is 9.47 Å². The topological polar surface area (TPSA) is 54.9 Å². The van der Waals surface area contributed by atoms with Crippen LogP contribution in [0.15, 0.2) is 23.2 Å². The van der Waals surface area contributed by atoms with Gasteiger partial charge in [0, 0.05) is 23.3 Å². The maximum absolute atomic E-state index is 5.46. The van der Waals surface area contributed by atoms with Crippen LogP contribution in [0.4, 0.5) is 0 Å². The Kier molecular flexibility index (Phi) is 10.8. The average molecular weight is 522 g/mol. The maximum atomic E-state index is 5.46. The number of rotatable bonds is 8. The highest BCUT2D eigenvalue weighted by Crippen LogP contribution is 2.33. The zero-order valence-electron chi connectivity index (χ0n) is 18.0. The first-order valence-corrected chi connectivity index (χ1v) is 11.0. The first-order valence-electron chi connectivity index (χ1n) is 9.73. The lowest BCUT2D eigenvalue weighted by molar-refractivity contribution is 0.353. The first-order chi connectivity index (χ1) is 12.9. The molecule has 2 unspecified atom stereocenters. The highest BCUT2D eigenvalue weighted by atomic mass is 127. The number of halogens is 1. The molecule has 0 heterocycles. The molecule has 2 N–H and O–H groups in total. The normalized spacial score (nSPS) is 19.7. The first kappa shape index (κ1) is 25.2. The van der Waals surface area contributed by atoms with E-state index in [1.807, 2.05) is 17.8 Å². The van der Waals surface area contributed by atoms with Crippen LogP contribution in [0.2, 0.25) is 0 Å². The van der Waals surface area contributed by atoms with Gasteiger partial charge in [0.25, 0.3) is 0 Å². The van der Waals surface area contributed by atoms with Crippen LogP contribution in [-0.4, -0.2) is 50.8 Å². The molecule has 0 saturated heterocycles. The lowest BCUT2D eigenvalue weighted by Crippen LogP contribution is -2.43. The Morgan fingerprint density at radius 3 is 2.50 bits per heavy atom. The quantitative estimate of drug-likeness (QED) is 0.301. The third kappa shape index (κ3) is 6.90. The molecule has 1 aromatic carbocycles. The summed E-state index contributed by atoms with van der Waals surface area (Å²) in [6.07, 6.45) is 5.92. The Morgan fingerprint density at radius 2 is 1.93 bits per heavy atom. The summed E-state index contributed by atoms with van der Waals surface area (Å²) in [7, 11) is 3.33. The highest BCUT2D eigenvalue weighted by Gasteiger charge is 2.26. The van der Waals surface area contributed by atoms with Gasteiger partial charge < -0.3 is 20.1 Å². The van der Waals surface area contributed by atoms with Crippen molar-refractivity contribution in [1.29, 1.82) is 0 Å². The summed E-state index contributed by atoms with van der Waals surface area (Å²) in [6, 6.07) is 6.63. The van der Waals surface area contributed by atoms with Gasteiger partial charge in [0.2, 0.25) is 0 Å². The Morgan fingerprint density at radius 1 is 1.21 bits per heavy atom. The standard InChI is InChI=1S/C21H35N3O2S.HI/c1-7-22-20(24-16-9-10-17(13-16)27-6)23-14-21(2,3)15-8-11-18(25-4)19(12-15)26-5;/h8,11-12,16-17H,7,9-10,13-14H2,1-6H3,(H2,22,23,24);1H. The van der Waals surface area contributed by atoms with Crippen molar-refractivity contribution in [2.75, 3.05) is 33.6 Å². The molecule has 5 nitrogen and oxygen atoms in total. The number of guanidine groups is 1. The van der Waals surface area contributed by atoms with E-state index in [1.54, 1.807) is 14.2 Å². The van der Waals surface area contributed by atoms with Gasteiger partial charge in [-0.05, 0) is 50.1 Å². The summed E-state index contributed by atoms with van der Waals surface area (Å²) in [6.45, 7) is 8.08. The van der Waals surface area contributed by atoms with Gasteiger partial charge in [-0.25, -0.2) is 0 Å². The SMILES string of the molecule is CCNC(=NCC(C)(C)c1ccc(OC)c(OC)c1)NC1CCC(SC)C1.I.